The Kier molecular flexibility index (Phi) is 7.98. The van der Waals surface area contributed by atoms with E-state index in [1.165, 1.54) is 4.90 Å². The van der Waals surface area contributed by atoms with Gasteiger partial charge < -0.3 is 31.5 Å². The largest absolute Gasteiger partial charge is 0.399 e. The predicted octanol–water partition coefficient (Wildman–Crippen LogP) is 3.05. The van der Waals surface area contributed by atoms with Crippen molar-refractivity contribution in [2.75, 3.05) is 79.8 Å². The van der Waals surface area contributed by atoms with Crippen LogP contribution in [0.15, 0.2) is 42.6 Å². The molecule has 186 valence electrons. The molecular formula is C25H35N9O. The van der Waals surface area contributed by atoms with E-state index >= 15 is 0 Å². The smallest absolute Gasteiger partial charge is 0.229 e. The molecule has 3 rings (SSSR count). The molecule has 0 aliphatic heterocycles. The second kappa shape index (κ2) is 10.9. The number of benzene rings is 2. The first-order valence-corrected chi connectivity index (χ1v) is 11.3. The zero-order valence-electron chi connectivity index (χ0n) is 21.3. The number of nitrogens with two attached hydrogens (primary N) is 2. The Morgan fingerprint density at radius 3 is 2.34 bits per heavy atom. The topological polar surface area (TPSA) is 120 Å². The Morgan fingerprint density at radius 1 is 0.943 bits per heavy atom. The van der Waals surface area contributed by atoms with E-state index in [-0.39, 0.29) is 0 Å². The summed E-state index contributed by atoms with van der Waals surface area (Å²) in [6.45, 7) is 3.78. The lowest BCUT2D eigenvalue weighted by Gasteiger charge is -2.25. The van der Waals surface area contributed by atoms with Crippen LogP contribution in [0.3, 0.4) is 0 Å². The van der Waals surface area contributed by atoms with E-state index in [2.05, 4.69) is 25.1 Å². The Balaban J connectivity index is 1.88. The highest BCUT2D eigenvalue weighted by molar-refractivity contribution is 5.92. The van der Waals surface area contributed by atoms with Gasteiger partial charge in [-0.1, -0.05) is 0 Å². The van der Waals surface area contributed by atoms with Gasteiger partial charge in [0.1, 0.15) is 5.82 Å². The standard InChI is InChI=1S/C25H35N9O/c1-17-13-22(33(6)12-11-31(2)3)19(27)15-20(17)29-25-28-10-9-24(30-25)34(16-35)21-8-7-18(26)14-23(21)32(4)5/h7-10,13-16H,11-12,26-27H2,1-6H3,(H,28,29,30). The molecule has 0 aliphatic rings. The average molecular weight is 478 g/mol. The van der Waals surface area contributed by atoms with Crippen LogP contribution in [0.1, 0.15) is 5.56 Å². The van der Waals surface area contributed by atoms with Gasteiger partial charge in [0.15, 0.2) is 0 Å². The van der Waals surface area contributed by atoms with Gasteiger partial charge in [-0.2, -0.15) is 4.98 Å². The monoisotopic (exact) mass is 477 g/mol. The molecule has 0 bridgehead atoms. The number of nitrogen functional groups attached to an aromatic ring is 2. The van der Waals surface area contributed by atoms with Gasteiger partial charge in [-0.15, -0.1) is 0 Å². The Labute approximate surface area is 207 Å². The van der Waals surface area contributed by atoms with Gasteiger partial charge >= 0.3 is 0 Å². The first-order valence-electron chi connectivity index (χ1n) is 11.3. The molecule has 1 aromatic heterocycles. The molecule has 0 unspecified atom stereocenters. The summed E-state index contributed by atoms with van der Waals surface area (Å²) in [5.74, 6) is 0.781. The number of aryl methyl sites for hydroxylation is 1. The molecule has 0 spiro atoms. The number of hydrogen-bond acceptors (Lipinski definition) is 9. The highest BCUT2D eigenvalue weighted by atomic mass is 16.1. The van der Waals surface area contributed by atoms with Crippen molar-refractivity contribution < 1.29 is 4.79 Å². The third-order valence-electron chi connectivity index (χ3n) is 5.65. The van der Waals surface area contributed by atoms with Crippen molar-refractivity contribution in [1.29, 1.82) is 0 Å². The predicted molar refractivity (Wildman–Crippen MR) is 146 cm³/mol. The third kappa shape index (κ3) is 6.10. The van der Waals surface area contributed by atoms with Crippen molar-refractivity contribution in [2.24, 2.45) is 0 Å². The van der Waals surface area contributed by atoms with Crippen molar-refractivity contribution in [1.82, 2.24) is 14.9 Å². The van der Waals surface area contributed by atoms with Gasteiger partial charge in [-0.3, -0.25) is 9.69 Å². The van der Waals surface area contributed by atoms with Crippen molar-refractivity contribution >= 4 is 52.3 Å². The maximum Gasteiger partial charge on any atom is 0.229 e. The van der Waals surface area contributed by atoms with Gasteiger partial charge in [0.2, 0.25) is 12.4 Å². The van der Waals surface area contributed by atoms with Crippen molar-refractivity contribution in [3.8, 4) is 0 Å². The zero-order chi connectivity index (χ0) is 25.7. The van der Waals surface area contributed by atoms with Crippen molar-refractivity contribution in [3.63, 3.8) is 0 Å². The lowest BCUT2D eigenvalue weighted by Crippen LogP contribution is -2.29. The van der Waals surface area contributed by atoms with Crippen molar-refractivity contribution in [2.45, 2.75) is 6.92 Å². The van der Waals surface area contributed by atoms with Crippen LogP contribution in [0, 0.1) is 6.92 Å². The van der Waals surface area contributed by atoms with Crippen LogP contribution in [-0.2, 0) is 4.79 Å². The van der Waals surface area contributed by atoms with Gasteiger partial charge in [0.05, 0.1) is 22.7 Å². The van der Waals surface area contributed by atoms with Crippen LogP contribution in [0.25, 0.3) is 0 Å². The number of amides is 1. The molecule has 0 fully saturated rings. The van der Waals surface area contributed by atoms with Gasteiger partial charge in [0.25, 0.3) is 0 Å². The lowest BCUT2D eigenvalue weighted by atomic mass is 10.1. The number of anilines is 8. The second-order valence-corrected chi connectivity index (χ2v) is 8.93. The molecule has 3 aromatic rings. The summed E-state index contributed by atoms with van der Waals surface area (Å²) in [4.78, 5) is 28.7. The summed E-state index contributed by atoms with van der Waals surface area (Å²) >= 11 is 0. The first-order chi connectivity index (χ1) is 16.6. The molecular weight excluding hydrogens is 442 g/mol. The molecule has 0 saturated heterocycles. The number of carbonyl (C=O) groups is 1. The highest BCUT2D eigenvalue weighted by Crippen LogP contribution is 2.34. The van der Waals surface area contributed by atoms with E-state index in [9.17, 15) is 4.79 Å². The summed E-state index contributed by atoms with van der Waals surface area (Å²) in [6.07, 6.45) is 2.34. The van der Waals surface area contributed by atoms with Crippen LogP contribution in [0.2, 0.25) is 0 Å². The summed E-state index contributed by atoms with van der Waals surface area (Å²) in [7, 11) is 9.90. The number of rotatable bonds is 10. The molecule has 1 amide bonds. The average Bonchev–Trinajstić information content (AvgIpc) is 2.81. The minimum atomic E-state index is 0.354. The summed E-state index contributed by atoms with van der Waals surface area (Å²) in [5, 5.41) is 3.24. The SMILES string of the molecule is Cc1cc(N(C)CCN(C)C)c(N)cc1Nc1nccc(N(C=O)c2ccc(N)cc2N(C)C)n1. The number of carbonyl (C=O) groups excluding carboxylic acids is 1. The van der Waals surface area contributed by atoms with Crippen molar-refractivity contribution in [3.05, 3.63) is 48.2 Å². The number of nitrogens with zero attached hydrogens (tertiary/aromatic N) is 6. The summed E-state index contributed by atoms with van der Waals surface area (Å²) in [6, 6.07) is 11.0. The lowest BCUT2D eigenvalue weighted by molar-refractivity contribution is -0.106. The molecule has 5 N–H and O–H groups in total. The fraction of sp³-hybridized carbons (Fsp3) is 0.320. The van der Waals surface area contributed by atoms with Crippen LogP contribution >= 0.6 is 0 Å². The Morgan fingerprint density at radius 2 is 1.69 bits per heavy atom. The van der Waals surface area contributed by atoms with E-state index in [0.717, 1.165) is 42.1 Å². The fourth-order valence-electron chi connectivity index (χ4n) is 3.65. The first kappa shape index (κ1) is 25.6. The van der Waals surface area contributed by atoms with E-state index in [1.54, 1.807) is 24.4 Å². The Bertz CT molecular complexity index is 1180. The van der Waals surface area contributed by atoms with Gasteiger partial charge in [0, 0.05) is 51.8 Å². The van der Waals surface area contributed by atoms with Crippen LogP contribution in [0.4, 0.5) is 45.9 Å². The van der Waals surface area contributed by atoms with E-state index in [1.807, 2.05) is 65.3 Å². The molecule has 10 nitrogen and oxygen atoms in total. The van der Waals surface area contributed by atoms with Gasteiger partial charge in [-0.05, 0) is 63.0 Å². The van der Waals surface area contributed by atoms with E-state index < -0.39 is 0 Å². The zero-order valence-corrected chi connectivity index (χ0v) is 21.3. The van der Waals surface area contributed by atoms with E-state index in [4.69, 9.17) is 11.5 Å². The van der Waals surface area contributed by atoms with Crippen LogP contribution in [-0.4, -0.2) is 69.6 Å². The normalized spacial score (nSPS) is 10.8. The van der Waals surface area contributed by atoms with Gasteiger partial charge in [-0.25, -0.2) is 4.98 Å². The molecule has 1 heterocycles. The maximum absolute atomic E-state index is 12.1. The Hall–Kier alpha value is -4.05. The van der Waals surface area contributed by atoms with E-state index in [0.29, 0.717) is 28.8 Å². The fourth-order valence-corrected chi connectivity index (χ4v) is 3.65. The molecule has 2 aromatic carbocycles. The number of aromatic nitrogens is 2. The maximum atomic E-state index is 12.1. The summed E-state index contributed by atoms with van der Waals surface area (Å²) in [5.41, 5.74) is 17.8. The van der Waals surface area contributed by atoms with Crippen LogP contribution < -0.4 is 31.5 Å². The highest BCUT2D eigenvalue weighted by Gasteiger charge is 2.17. The third-order valence-corrected chi connectivity index (χ3v) is 5.65. The van der Waals surface area contributed by atoms with Crippen LogP contribution in [0.5, 0.6) is 0 Å². The summed E-state index contributed by atoms with van der Waals surface area (Å²) < 4.78 is 0. The number of nitrogens with one attached hydrogen (secondary N) is 1. The molecule has 0 atom stereocenters. The number of likely N-dealkylation sites (N-methyl/N-ethyl adjacent to an activating group) is 2. The molecule has 0 saturated carbocycles. The minimum absolute atomic E-state index is 0.354. The quantitative estimate of drug-likeness (QED) is 0.299. The second-order valence-electron chi connectivity index (χ2n) is 8.93. The minimum Gasteiger partial charge on any atom is -0.399 e. The molecule has 35 heavy (non-hydrogen) atoms. The molecule has 0 aliphatic carbocycles. The number of hydrogen-bond donors (Lipinski definition) is 3. The molecule has 0 radical (unpaired) electrons. The molecule has 10 heteroatoms.